The van der Waals surface area contributed by atoms with Crippen molar-refractivity contribution in [1.29, 1.82) is 0 Å². The zero-order chi connectivity index (χ0) is 16.8. The number of nitrogens with one attached hydrogen (secondary N) is 2. The van der Waals surface area contributed by atoms with Crippen molar-refractivity contribution in [3.8, 4) is 0 Å². The highest BCUT2D eigenvalue weighted by Gasteiger charge is 2.33. The normalized spacial score (nSPS) is 12.4. The van der Waals surface area contributed by atoms with Crippen LogP contribution in [0.15, 0.2) is 24.3 Å². The summed E-state index contributed by atoms with van der Waals surface area (Å²) in [6.07, 6.45) is -4.57. The van der Waals surface area contributed by atoms with Crippen molar-refractivity contribution in [2.24, 2.45) is 5.92 Å². The minimum absolute atomic E-state index is 0.0428. The van der Waals surface area contributed by atoms with Crippen LogP contribution in [-0.2, 0) is 15.7 Å². The van der Waals surface area contributed by atoms with Gasteiger partial charge < -0.3 is 15.4 Å². The number of hydrogen-bond acceptors (Lipinski definition) is 3. The van der Waals surface area contributed by atoms with Gasteiger partial charge in [0, 0.05) is 6.54 Å². The molecule has 5 nitrogen and oxygen atoms in total. The van der Waals surface area contributed by atoms with E-state index in [1.807, 2.05) is 0 Å². The first-order valence-corrected chi connectivity index (χ1v) is 6.63. The highest BCUT2D eigenvalue weighted by Crippen LogP contribution is 2.34. The fourth-order valence-electron chi connectivity index (χ4n) is 1.62. The number of halogens is 3. The maximum absolute atomic E-state index is 12.8. The number of amides is 2. The van der Waals surface area contributed by atoms with Gasteiger partial charge in [-0.1, -0.05) is 19.1 Å². The van der Waals surface area contributed by atoms with Crippen molar-refractivity contribution in [3.63, 3.8) is 0 Å². The van der Waals surface area contributed by atoms with Crippen LogP contribution in [0, 0.1) is 5.92 Å². The average molecular weight is 318 g/mol. The molecule has 0 bridgehead atoms. The van der Waals surface area contributed by atoms with Crippen molar-refractivity contribution in [2.45, 2.75) is 20.0 Å². The van der Waals surface area contributed by atoms with Gasteiger partial charge in [0.25, 0.3) is 0 Å². The molecule has 1 rings (SSSR count). The Labute approximate surface area is 125 Å². The molecule has 22 heavy (non-hydrogen) atoms. The average Bonchev–Trinajstić information content (AvgIpc) is 2.44. The molecule has 122 valence electrons. The van der Waals surface area contributed by atoms with Gasteiger partial charge in [-0.15, -0.1) is 0 Å². The van der Waals surface area contributed by atoms with E-state index in [-0.39, 0.29) is 18.8 Å². The number of para-hydroxylation sites is 1. The summed E-state index contributed by atoms with van der Waals surface area (Å²) in [6, 6.07) is 3.81. The molecule has 2 N–H and O–H groups in total. The number of anilines is 1. The maximum Gasteiger partial charge on any atom is 0.418 e. The molecule has 1 aromatic rings. The quantitative estimate of drug-likeness (QED) is 0.820. The number of rotatable bonds is 5. The summed E-state index contributed by atoms with van der Waals surface area (Å²) in [7, 11) is 0. The van der Waals surface area contributed by atoms with E-state index >= 15 is 0 Å². The van der Waals surface area contributed by atoms with Gasteiger partial charge in [-0.05, 0) is 19.1 Å². The number of alkyl halides is 3. The second-order valence-corrected chi connectivity index (χ2v) is 4.53. The predicted molar refractivity (Wildman–Crippen MR) is 74.3 cm³/mol. The first kappa shape index (κ1) is 17.8. The van der Waals surface area contributed by atoms with Crippen LogP contribution in [0.4, 0.5) is 23.7 Å². The van der Waals surface area contributed by atoms with Gasteiger partial charge in [0.1, 0.15) is 0 Å². The lowest BCUT2D eigenvalue weighted by atomic mass is 10.1. The maximum atomic E-state index is 12.8. The Balaban J connectivity index is 2.62. The van der Waals surface area contributed by atoms with E-state index in [1.54, 1.807) is 13.8 Å². The predicted octanol–water partition coefficient (Wildman–Crippen LogP) is 3.03. The molecule has 0 fully saturated rings. The van der Waals surface area contributed by atoms with Crippen molar-refractivity contribution in [3.05, 3.63) is 29.8 Å². The largest absolute Gasteiger partial charge is 0.466 e. The molecule has 2 amide bonds. The zero-order valence-corrected chi connectivity index (χ0v) is 12.2. The molecule has 1 aromatic carbocycles. The highest BCUT2D eigenvalue weighted by atomic mass is 19.4. The third-order valence-corrected chi connectivity index (χ3v) is 2.74. The number of carbonyl (C=O) groups is 2. The minimum Gasteiger partial charge on any atom is -0.466 e. The molecule has 0 radical (unpaired) electrons. The summed E-state index contributed by atoms with van der Waals surface area (Å²) in [4.78, 5) is 23.0. The summed E-state index contributed by atoms with van der Waals surface area (Å²) in [6.45, 7) is 3.37. The second kappa shape index (κ2) is 7.67. The number of urea groups is 1. The van der Waals surface area contributed by atoms with Gasteiger partial charge in [-0.2, -0.15) is 13.2 Å². The molecule has 0 aromatic heterocycles. The first-order chi connectivity index (χ1) is 10.3. The number of ether oxygens (including phenoxy) is 1. The molecule has 0 aliphatic rings. The van der Waals surface area contributed by atoms with E-state index in [0.717, 1.165) is 12.1 Å². The zero-order valence-electron chi connectivity index (χ0n) is 12.2. The topological polar surface area (TPSA) is 67.4 Å². The van der Waals surface area contributed by atoms with Crippen LogP contribution in [0.5, 0.6) is 0 Å². The SMILES string of the molecule is CCOC(=O)[C@@H](C)CNC(=O)Nc1ccccc1C(F)(F)F. The third kappa shape index (κ3) is 5.27. The Hall–Kier alpha value is -2.25. The summed E-state index contributed by atoms with van der Waals surface area (Å²) < 4.78 is 43.1. The van der Waals surface area contributed by atoms with Crippen molar-refractivity contribution < 1.29 is 27.5 Å². The molecule has 8 heteroatoms. The number of benzene rings is 1. The lowest BCUT2D eigenvalue weighted by Crippen LogP contribution is -2.35. The lowest BCUT2D eigenvalue weighted by molar-refractivity contribution is -0.147. The first-order valence-electron chi connectivity index (χ1n) is 6.63. The molecule has 0 heterocycles. The van der Waals surface area contributed by atoms with E-state index in [9.17, 15) is 22.8 Å². The monoisotopic (exact) mass is 318 g/mol. The summed E-state index contributed by atoms with van der Waals surface area (Å²) in [5, 5.41) is 4.45. The number of esters is 1. The fraction of sp³-hybridized carbons (Fsp3) is 0.429. The van der Waals surface area contributed by atoms with Gasteiger partial charge >= 0.3 is 18.2 Å². The number of hydrogen-bond donors (Lipinski definition) is 2. The van der Waals surface area contributed by atoms with Gasteiger partial charge in [0.15, 0.2) is 0 Å². The molecular formula is C14H17F3N2O3. The van der Waals surface area contributed by atoms with Crippen LogP contribution >= 0.6 is 0 Å². The fourth-order valence-corrected chi connectivity index (χ4v) is 1.62. The molecule has 1 atom stereocenters. The summed E-state index contributed by atoms with van der Waals surface area (Å²) >= 11 is 0. The van der Waals surface area contributed by atoms with E-state index in [0.29, 0.717) is 0 Å². The molecule has 0 saturated heterocycles. The summed E-state index contributed by atoms with van der Waals surface area (Å²) in [5.74, 6) is -1.08. The summed E-state index contributed by atoms with van der Waals surface area (Å²) in [5.41, 5.74) is -1.29. The van der Waals surface area contributed by atoms with Crippen molar-refractivity contribution >= 4 is 17.7 Å². The Bertz CT molecular complexity index is 532. The van der Waals surface area contributed by atoms with Crippen LogP contribution in [0.1, 0.15) is 19.4 Å². The van der Waals surface area contributed by atoms with Gasteiger partial charge in [-0.3, -0.25) is 4.79 Å². The van der Waals surface area contributed by atoms with Gasteiger partial charge in [0.05, 0.1) is 23.8 Å². The minimum atomic E-state index is -4.57. The third-order valence-electron chi connectivity index (χ3n) is 2.74. The highest BCUT2D eigenvalue weighted by molar-refractivity contribution is 5.90. The Morgan fingerprint density at radius 1 is 1.27 bits per heavy atom. The van der Waals surface area contributed by atoms with E-state index in [4.69, 9.17) is 4.74 Å². The molecular weight excluding hydrogens is 301 g/mol. The second-order valence-electron chi connectivity index (χ2n) is 4.53. The van der Waals surface area contributed by atoms with Gasteiger partial charge in [-0.25, -0.2) is 4.79 Å². The Kier molecular flexibility index (Phi) is 6.21. The molecule has 0 saturated carbocycles. The van der Waals surface area contributed by atoms with Crippen LogP contribution < -0.4 is 10.6 Å². The standard InChI is InChI=1S/C14H17F3N2O3/c1-3-22-12(20)9(2)8-18-13(21)19-11-7-5-4-6-10(11)14(15,16)17/h4-7,9H,3,8H2,1-2H3,(H2,18,19,21)/t9-/m0/s1. The van der Waals surface area contributed by atoms with Gasteiger partial charge in [0.2, 0.25) is 0 Å². The van der Waals surface area contributed by atoms with Crippen molar-refractivity contribution in [1.82, 2.24) is 5.32 Å². The van der Waals surface area contributed by atoms with Crippen LogP contribution in [0.3, 0.4) is 0 Å². The molecule has 0 aliphatic heterocycles. The molecule has 0 aliphatic carbocycles. The van der Waals surface area contributed by atoms with E-state index in [1.165, 1.54) is 12.1 Å². The molecule has 0 unspecified atom stereocenters. The lowest BCUT2D eigenvalue weighted by Gasteiger charge is -2.15. The Morgan fingerprint density at radius 3 is 2.50 bits per heavy atom. The van der Waals surface area contributed by atoms with Crippen LogP contribution in [0.25, 0.3) is 0 Å². The smallest absolute Gasteiger partial charge is 0.418 e. The number of carbonyl (C=O) groups excluding carboxylic acids is 2. The van der Waals surface area contributed by atoms with E-state index < -0.39 is 29.7 Å². The molecule has 0 spiro atoms. The van der Waals surface area contributed by atoms with Crippen molar-refractivity contribution in [2.75, 3.05) is 18.5 Å². The van der Waals surface area contributed by atoms with Crippen LogP contribution in [-0.4, -0.2) is 25.2 Å². The Morgan fingerprint density at radius 2 is 1.91 bits per heavy atom. The van der Waals surface area contributed by atoms with Crippen LogP contribution in [0.2, 0.25) is 0 Å². The van der Waals surface area contributed by atoms with E-state index in [2.05, 4.69) is 10.6 Å².